The molecule has 1 N–H and O–H groups in total. The van der Waals surface area contributed by atoms with Gasteiger partial charge in [-0.3, -0.25) is 0 Å². The smallest absolute Gasteiger partial charge is 0.143 e. The summed E-state index contributed by atoms with van der Waals surface area (Å²) in [5.74, 6) is 1.64. The highest BCUT2D eigenvalue weighted by atomic mass is 35.5. The third kappa shape index (κ3) is 3.49. The number of nitrogens with one attached hydrogen (secondary N) is 1. The Bertz CT molecular complexity index is 1010. The molecule has 2 heterocycles. The number of rotatable bonds is 4. The van der Waals surface area contributed by atoms with Gasteiger partial charge in [0.15, 0.2) is 0 Å². The van der Waals surface area contributed by atoms with Crippen molar-refractivity contribution in [2.24, 2.45) is 0 Å². The quantitative estimate of drug-likeness (QED) is 0.480. The zero-order valence-corrected chi connectivity index (χ0v) is 16.0. The fourth-order valence-corrected chi connectivity index (χ4v) is 3.64. The minimum atomic E-state index is 0. The molecule has 4 rings (SSSR count). The van der Waals surface area contributed by atoms with Gasteiger partial charge in [0.05, 0.1) is 12.5 Å². The van der Waals surface area contributed by atoms with Crippen LogP contribution in [0.1, 0.15) is 5.56 Å². The van der Waals surface area contributed by atoms with Crippen LogP contribution in [0.25, 0.3) is 21.3 Å². The number of fused-ring (bicyclic) bond motifs is 1. The highest BCUT2D eigenvalue weighted by Crippen LogP contribution is 2.37. The van der Waals surface area contributed by atoms with E-state index in [1.165, 1.54) is 11.1 Å². The van der Waals surface area contributed by atoms with Crippen LogP contribution < -0.4 is 10.1 Å². The van der Waals surface area contributed by atoms with E-state index >= 15 is 0 Å². The lowest BCUT2D eigenvalue weighted by molar-refractivity contribution is 0.415. The maximum absolute atomic E-state index is 5.21. The van der Waals surface area contributed by atoms with Crippen LogP contribution in [0.4, 0.5) is 11.5 Å². The van der Waals surface area contributed by atoms with Gasteiger partial charge in [0, 0.05) is 16.6 Å². The Labute approximate surface area is 162 Å². The van der Waals surface area contributed by atoms with Crippen molar-refractivity contribution in [3.8, 4) is 16.9 Å². The second-order valence-corrected chi connectivity index (χ2v) is 6.63. The molecule has 4 aromatic rings. The van der Waals surface area contributed by atoms with Crippen molar-refractivity contribution in [1.82, 2.24) is 9.97 Å². The first kappa shape index (κ1) is 18.2. The molecule has 0 radical (unpaired) electrons. The van der Waals surface area contributed by atoms with Crippen molar-refractivity contribution >= 4 is 45.5 Å². The molecule has 0 aliphatic rings. The molecule has 0 saturated heterocycles. The molecule has 6 heteroatoms. The zero-order chi connectivity index (χ0) is 17.2. The van der Waals surface area contributed by atoms with Crippen LogP contribution in [0, 0.1) is 6.92 Å². The van der Waals surface area contributed by atoms with E-state index in [9.17, 15) is 0 Å². The van der Waals surface area contributed by atoms with Gasteiger partial charge in [-0.2, -0.15) is 0 Å². The lowest BCUT2D eigenvalue weighted by Crippen LogP contribution is -1.95. The molecular formula is C20H18ClN3OS. The zero-order valence-electron chi connectivity index (χ0n) is 14.4. The first-order valence-corrected chi connectivity index (χ1v) is 8.83. The van der Waals surface area contributed by atoms with Crippen molar-refractivity contribution in [2.45, 2.75) is 6.92 Å². The molecule has 0 bridgehead atoms. The largest absolute Gasteiger partial charge is 0.497 e. The number of hydrogen-bond acceptors (Lipinski definition) is 5. The number of methoxy groups -OCH3 is 1. The molecule has 0 aliphatic carbocycles. The summed E-state index contributed by atoms with van der Waals surface area (Å²) in [6.07, 6.45) is 1.60. The van der Waals surface area contributed by atoms with E-state index in [0.717, 1.165) is 33.0 Å². The molecule has 0 fully saturated rings. The van der Waals surface area contributed by atoms with Crippen molar-refractivity contribution in [3.63, 3.8) is 0 Å². The Morgan fingerprint density at radius 1 is 0.962 bits per heavy atom. The predicted molar refractivity (Wildman–Crippen MR) is 111 cm³/mol. The molecule has 0 saturated carbocycles. The lowest BCUT2D eigenvalue weighted by atomic mass is 10.0. The van der Waals surface area contributed by atoms with Crippen molar-refractivity contribution in [2.75, 3.05) is 12.4 Å². The average molecular weight is 384 g/mol. The van der Waals surface area contributed by atoms with Gasteiger partial charge in [-0.15, -0.1) is 23.7 Å². The second-order valence-electron chi connectivity index (χ2n) is 5.77. The van der Waals surface area contributed by atoms with Crippen LogP contribution in [0.5, 0.6) is 5.75 Å². The summed E-state index contributed by atoms with van der Waals surface area (Å²) in [6.45, 7) is 2.09. The summed E-state index contributed by atoms with van der Waals surface area (Å²) in [4.78, 5) is 9.87. The molecule has 2 aromatic heterocycles. The van der Waals surface area contributed by atoms with Crippen molar-refractivity contribution in [1.29, 1.82) is 0 Å². The summed E-state index contributed by atoms with van der Waals surface area (Å²) in [6, 6.07) is 16.3. The maximum atomic E-state index is 5.21. The van der Waals surface area contributed by atoms with Gasteiger partial charge in [-0.25, -0.2) is 9.97 Å². The van der Waals surface area contributed by atoms with Crippen LogP contribution in [0.3, 0.4) is 0 Å². The van der Waals surface area contributed by atoms with Gasteiger partial charge >= 0.3 is 0 Å². The van der Waals surface area contributed by atoms with E-state index < -0.39 is 0 Å². The number of benzene rings is 2. The summed E-state index contributed by atoms with van der Waals surface area (Å²) in [5.41, 5.74) is 4.53. The number of thiophene rings is 1. The number of halogens is 1. The molecular weight excluding hydrogens is 366 g/mol. The minimum absolute atomic E-state index is 0. The summed E-state index contributed by atoms with van der Waals surface area (Å²) >= 11 is 1.63. The molecule has 4 nitrogen and oxygen atoms in total. The van der Waals surface area contributed by atoms with E-state index in [2.05, 4.69) is 51.9 Å². The fourth-order valence-electron chi connectivity index (χ4n) is 2.73. The van der Waals surface area contributed by atoms with Gasteiger partial charge in [-0.1, -0.05) is 29.8 Å². The highest BCUT2D eigenvalue weighted by molar-refractivity contribution is 7.17. The number of aromatic nitrogens is 2. The monoisotopic (exact) mass is 383 g/mol. The first-order valence-electron chi connectivity index (χ1n) is 7.95. The SMILES string of the molecule is COc1ccc(Nc2ncnc3scc(-c4ccc(C)cc4)c23)cc1.Cl. The third-order valence-electron chi connectivity index (χ3n) is 4.09. The summed E-state index contributed by atoms with van der Waals surface area (Å²) in [5, 5.41) is 6.60. The summed E-state index contributed by atoms with van der Waals surface area (Å²) < 4.78 is 5.21. The molecule has 26 heavy (non-hydrogen) atoms. The number of aryl methyl sites for hydroxylation is 1. The summed E-state index contributed by atoms with van der Waals surface area (Å²) in [7, 11) is 1.66. The van der Waals surface area contributed by atoms with Crippen LogP contribution in [0.2, 0.25) is 0 Å². The normalized spacial score (nSPS) is 10.4. The molecule has 132 valence electrons. The molecule has 0 aliphatic heterocycles. The second kappa shape index (κ2) is 7.72. The number of ether oxygens (including phenoxy) is 1. The first-order chi connectivity index (χ1) is 12.2. The van der Waals surface area contributed by atoms with E-state index in [0.29, 0.717) is 0 Å². The maximum Gasteiger partial charge on any atom is 0.143 e. The van der Waals surface area contributed by atoms with Crippen LogP contribution in [0.15, 0.2) is 60.2 Å². The van der Waals surface area contributed by atoms with Gasteiger partial charge in [0.1, 0.15) is 22.7 Å². The van der Waals surface area contributed by atoms with E-state index in [1.807, 2.05) is 24.3 Å². The minimum Gasteiger partial charge on any atom is -0.497 e. The topological polar surface area (TPSA) is 47.0 Å². The molecule has 2 aromatic carbocycles. The Kier molecular flexibility index (Phi) is 5.40. The predicted octanol–water partition coefficient (Wildman–Crippen LogP) is 5.84. The average Bonchev–Trinajstić information content (AvgIpc) is 3.08. The standard InChI is InChI=1S/C20H17N3OS.ClH/c1-13-3-5-14(6-4-13)17-11-25-20-18(17)19(21-12-22-20)23-15-7-9-16(24-2)10-8-15;/h3-12H,1-2H3,(H,21,22,23);1H. The number of hydrogen-bond donors (Lipinski definition) is 1. The van der Waals surface area contributed by atoms with E-state index in [1.54, 1.807) is 24.8 Å². The van der Waals surface area contributed by atoms with Gasteiger partial charge in [0.25, 0.3) is 0 Å². The Balaban J connectivity index is 0.00000196. The van der Waals surface area contributed by atoms with Gasteiger partial charge < -0.3 is 10.1 Å². The van der Waals surface area contributed by atoms with Crippen LogP contribution >= 0.6 is 23.7 Å². The number of nitrogens with zero attached hydrogens (tertiary/aromatic N) is 2. The fraction of sp³-hybridized carbons (Fsp3) is 0.100. The Morgan fingerprint density at radius 3 is 2.38 bits per heavy atom. The van der Waals surface area contributed by atoms with Gasteiger partial charge in [-0.05, 0) is 36.8 Å². The highest BCUT2D eigenvalue weighted by Gasteiger charge is 2.13. The van der Waals surface area contributed by atoms with Crippen molar-refractivity contribution < 1.29 is 4.74 Å². The molecule has 0 atom stereocenters. The lowest BCUT2D eigenvalue weighted by Gasteiger charge is -2.09. The van der Waals surface area contributed by atoms with E-state index in [4.69, 9.17) is 4.74 Å². The van der Waals surface area contributed by atoms with E-state index in [-0.39, 0.29) is 12.4 Å². The molecule has 0 unspecified atom stereocenters. The Morgan fingerprint density at radius 2 is 1.69 bits per heavy atom. The number of anilines is 2. The molecule has 0 spiro atoms. The van der Waals surface area contributed by atoms with Crippen LogP contribution in [-0.4, -0.2) is 17.1 Å². The van der Waals surface area contributed by atoms with Crippen molar-refractivity contribution in [3.05, 3.63) is 65.8 Å². The Hall–Kier alpha value is -2.63. The molecule has 0 amide bonds. The third-order valence-corrected chi connectivity index (χ3v) is 4.97. The van der Waals surface area contributed by atoms with Gasteiger partial charge in [0.2, 0.25) is 0 Å². The van der Waals surface area contributed by atoms with Crippen LogP contribution in [-0.2, 0) is 0 Å².